The quantitative estimate of drug-likeness (QED) is 0.894. The highest BCUT2D eigenvalue weighted by atomic mass is 16.5. The van der Waals surface area contributed by atoms with Gasteiger partial charge in [0.05, 0.1) is 11.8 Å². The van der Waals surface area contributed by atoms with E-state index in [-0.39, 0.29) is 6.10 Å². The molecule has 0 aliphatic carbocycles. The predicted molar refractivity (Wildman–Crippen MR) is 71.8 cm³/mol. The Kier molecular flexibility index (Phi) is 4.09. The maximum Gasteiger partial charge on any atom is 0.341 e. The van der Waals surface area contributed by atoms with Crippen LogP contribution in [0.4, 0.5) is 5.82 Å². The smallest absolute Gasteiger partial charge is 0.341 e. The van der Waals surface area contributed by atoms with Gasteiger partial charge in [0.1, 0.15) is 11.4 Å². The molecule has 0 amide bonds. The lowest BCUT2D eigenvalue weighted by molar-refractivity contribution is 0.0521. The molecule has 1 atom stereocenters. The molecule has 2 heterocycles. The molecule has 0 bridgehead atoms. The number of carboxylic acid groups (broad SMARTS) is 1. The molecule has 19 heavy (non-hydrogen) atoms. The Hall–Kier alpha value is -1.56. The molecule has 6 heteroatoms. The van der Waals surface area contributed by atoms with Crippen LogP contribution in [0.3, 0.4) is 0 Å². The summed E-state index contributed by atoms with van der Waals surface area (Å²) in [6, 6.07) is 0. The monoisotopic (exact) mass is 267 g/mol. The maximum atomic E-state index is 11.4. The minimum atomic E-state index is -0.917. The van der Waals surface area contributed by atoms with Gasteiger partial charge in [-0.15, -0.1) is 0 Å². The van der Waals surface area contributed by atoms with Gasteiger partial charge in [0, 0.05) is 26.7 Å². The highest BCUT2D eigenvalue weighted by Crippen LogP contribution is 2.27. The first-order valence-corrected chi connectivity index (χ1v) is 6.68. The van der Waals surface area contributed by atoms with Crippen LogP contribution in [0.25, 0.3) is 0 Å². The number of rotatable bonds is 4. The van der Waals surface area contributed by atoms with Crippen LogP contribution in [-0.2, 0) is 11.8 Å². The Bertz CT molecular complexity index is 468. The zero-order valence-electron chi connectivity index (χ0n) is 11.7. The van der Waals surface area contributed by atoms with E-state index in [1.165, 1.54) is 0 Å². The molecule has 0 aromatic carbocycles. The van der Waals surface area contributed by atoms with Crippen molar-refractivity contribution in [1.29, 1.82) is 0 Å². The molecule has 0 radical (unpaired) electrons. The maximum absolute atomic E-state index is 11.4. The van der Waals surface area contributed by atoms with Crippen LogP contribution >= 0.6 is 0 Å². The van der Waals surface area contributed by atoms with Crippen LogP contribution in [0, 0.1) is 6.92 Å². The van der Waals surface area contributed by atoms with Crippen LogP contribution in [-0.4, -0.2) is 46.7 Å². The lowest BCUT2D eigenvalue weighted by Crippen LogP contribution is -2.41. The highest BCUT2D eigenvalue weighted by Gasteiger charge is 2.28. The van der Waals surface area contributed by atoms with Crippen molar-refractivity contribution >= 4 is 11.8 Å². The third kappa shape index (κ3) is 2.73. The summed E-state index contributed by atoms with van der Waals surface area (Å²) in [5.74, 6) is -0.228. The average Bonchev–Trinajstić information content (AvgIpc) is 2.65. The molecule has 0 spiro atoms. The molecule has 106 valence electrons. The summed E-state index contributed by atoms with van der Waals surface area (Å²) >= 11 is 0. The number of aromatic nitrogens is 2. The second-order valence-corrected chi connectivity index (χ2v) is 4.88. The van der Waals surface area contributed by atoms with E-state index in [9.17, 15) is 9.90 Å². The predicted octanol–water partition coefficient (Wildman–Crippen LogP) is 1.43. The SMILES string of the molecule is CCOC1CCCN(c2c(C(=O)O)c(C)nn2C)C1. The largest absolute Gasteiger partial charge is 0.477 e. The van der Waals surface area contributed by atoms with Gasteiger partial charge in [0.2, 0.25) is 0 Å². The summed E-state index contributed by atoms with van der Waals surface area (Å²) in [6.45, 7) is 5.98. The van der Waals surface area contributed by atoms with Gasteiger partial charge in [-0.25, -0.2) is 4.79 Å². The van der Waals surface area contributed by atoms with Gasteiger partial charge in [-0.3, -0.25) is 4.68 Å². The number of aromatic carboxylic acids is 1. The number of aryl methyl sites for hydroxylation is 2. The van der Waals surface area contributed by atoms with Crippen molar-refractivity contribution < 1.29 is 14.6 Å². The Morgan fingerprint density at radius 2 is 2.32 bits per heavy atom. The molecule has 0 saturated carbocycles. The number of hydrogen-bond acceptors (Lipinski definition) is 4. The minimum absolute atomic E-state index is 0.176. The van der Waals surface area contributed by atoms with E-state index in [1.807, 2.05) is 6.92 Å². The summed E-state index contributed by atoms with van der Waals surface area (Å²) in [5, 5.41) is 13.6. The lowest BCUT2D eigenvalue weighted by atomic mass is 10.1. The van der Waals surface area contributed by atoms with Gasteiger partial charge in [-0.05, 0) is 26.7 Å². The Morgan fingerprint density at radius 3 is 2.95 bits per heavy atom. The topological polar surface area (TPSA) is 67.6 Å². The number of carbonyl (C=O) groups is 1. The van der Waals surface area contributed by atoms with Crippen molar-refractivity contribution in [2.75, 3.05) is 24.6 Å². The van der Waals surface area contributed by atoms with Gasteiger partial charge in [-0.2, -0.15) is 5.10 Å². The van der Waals surface area contributed by atoms with Crippen molar-refractivity contribution in [2.24, 2.45) is 7.05 Å². The molecule has 6 nitrogen and oxygen atoms in total. The molecule has 1 aromatic heterocycles. The first-order chi connectivity index (χ1) is 9.04. The fourth-order valence-corrected chi connectivity index (χ4v) is 2.76. The van der Waals surface area contributed by atoms with Crippen molar-refractivity contribution in [1.82, 2.24) is 9.78 Å². The van der Waals surface area contributed by atoms with Gasteiger partial charge < -0.3 is 14.7 Å². The van der Waals surface area contributed by atoms with Crippen molar-refractivity contribution in [3.05, 3.63) is 11.3 Å². The zero-order chi connectivity index (χ0) is 14.0. The van der Waals surface area contributed by atoms with Gasteiger partial charge in [0.25, 0.3) is 0 Å². The minimum Gasteiger partial charge on any atom is -0.477 e. The van der Waals surface area contributed by atoms with Gasteiger partial charge in [0.15, 0.2) is 0 Å². The second kappa shape index (κ2) is 5.61. The molecule has 1 N–H and O–H groups in total. The third-order valence-electron chi connectivity index (χ3n) is 3.49. The van der Waals surface area contributed by atoms with E-state index in [2.05, 4.69) is 10.00 Å². The van der Waals surface area contributed by atoms with Gasteiger partial charge in [-0.1, -0.05) is 0 Å². The van der Waals surface area contributed by atoms with Crippen molar-refractivity contribution in [3.8, 4) is 0 Å². The van der Waals surface area contributed by atoms with Gasteiger partial charge >= 0.3 is 5.97 Å². The van der Waals surface area contributed by atoms with Crippen LogP contribution in [0.5, 0.6) is 0 Å². The van der Waals surface area contributed by atoms with Crippen molar-refractivity contribution in [2.45, 2.75) is 32.8 Å². The average molecular weight is 267 g/mol. The number of carboxylic acids is 1. The van der Waals surface area contributed by atoms with E-state index < -0.39 is 5.97 Å². The molecular weight excluding hydrogens is 246 g/mol. The van der Waals surface area contributed by atoms with E-state index in [0.717, 1.165) is 25.9 Å². The van der Waals surface area contributed by atoms with Crippen LogP contribution < -0.4 is 4.90 Å². The zero-order valence-corrected chi connectivity index (χ0v) is 11.7. The first kappa shape index (κ1) is 13.9. The fourth-order valence-electron chi connectivity index (χ4n) is 2.76. The molecule has 1 aliphatic rings. The number of hydrogen-bond donors (Lipinski definition) is 1. The molecule has 2 rings (SSSR count). The molecule has 1 aromatic rings. The summed E-state index contributed by atoms with van der Waals surface area (Å²) in [4.78, 5) is 13.5. The fraction of sp³-hybridized carbons (Fsp3) is 0.692. The summed E-state index contributed by atoms with van der Waals surface area (Å²) in [7, 11) is 1.79. The van der Waals surface area contributed by atoms with E-state index in [1.54, 1.807) is 18.7 Å². The normalized spacial score (nSPS) is 19.7. The number of nitrogens with zero attached hydrogens (tertiary/aromatic N) is 3. The highest BCUT2D eigenvalue weighted by molar-refractivity contribution is 5.94. The summed E-state index contributed by atoms with van der Waals surface area (Å²) < 4.78 is 7.32. The Labute approximate surface area is 113 Å². The standard InChI is InChI=1S/C13H21N3O3/c1-4-19-10-6-5-7-16(8-10)12-11(13(17)18)9(2)14-15(12)3/h10H,4-8H2,1-3H3,(H,17,18). The molecular formula is C13H21N3O3. The lowest BCUT2D eigenvalue weighted by Gasteiger charge is -2.34. The molecule has 1 aliphatic heterocycles. The Balaban J connectivity index is 2.28. The van der Waals surface area contributed by atoms with E-state index >= 15 is 0 Å². The molecule has 1 fully saturated rings. The van der Waals surface area contributed by atoms with E-state index in [4.69, 9.17) is 4.74 Å². The number of piperidine rings is 1. The van der Waals surface area contributed by atoms with Crippen LogP contribution in [0.2, 0.25) is 0 Å². The van der Waals surface area contributed by atoms with E-state index in [0.29, 0.717) is 23.7 Å². The van der Waals surface area contributed by atoms with Crippen LogP contribution in [0.1, 0.15) is 35.8 Å². The third-order valence-corrected chi connectivity index (χ3v) is 3.49. The molecule has 1 unspecified atom stereocenters. The summed E-state index contributed by atoms with van der Waals surface area (Å²) in [5.41, 5.74) is 0.864. The number of ether oxygens (including phenoxy) is 1. The summed E-state index contributed by atoms with van der Waals surface area (Å²) in [6.07, 6.45) is 2.22. The number of anilines is 1. The molecule has 1 saturated heterocycles. The van der Waals surface area contributed by atoms with Crippen molar-refractivity contribution in [3.63, 3.8) is 0 Å². The second-order valence-electron chi connectivity index (χ2n) is 4.88. The van der Waals surface area contributed by atoms with Crippen LogP contribution in [0.15, 0.2) is 0 Å². The Morgan fingerprint density at radius 1 is 1.58 bits per heavy atom. The first-order valence-electron chi connectivity index (χ1n) is 6.68.